The number of rotatable bonds is 12. The van der Waals surface area contributed by atoms with Crippen LogP contribution in [-0.2, 0) is 11.3 Å². The zero-order valence-corrected chi connectivity index (χ0v) is 19.1. The monoisotopic (exact) mass is 460 g/mol. The Morgan fingerprint density at radius 1 is 1.03 bits per heavy atom. The molecule has 7 heteroatoms. The van der Waals surface area contributed by atoms with Gasteiger partial charge in [-0.2, -0.15) is 4.98 Å². The second kappa shape index (κ2) is 11.2. The quantitative estimate of drug-likeness (QED) is 0.278. The maximum Gasteiger partial charge on any atom is 0.344 e. The minimum Gasteiger partial charge on any atom is -0.494 e. The van der Waals surface area contributed by atoms with Gasteiger partial charge in [0.1, 0.15) is 17.0 Å². The van der Waals surface area contributed by atoms with E-state index in [-0.39, 0.29) is 0 Å². The zero-order chi connectivity index (χ0) is 23.8. The molecule has 1 atom stereocenters. The van der Waals surface area contributed by atoms with E-state index in [1.54, 1.807) is 13.0 Å². The number of carbonyl (C=O) groups is 1. The van der Waals surface area contributed by atoms with Crippen molar-refractivity contribution in [3.05, 3.63) is 84.4 Å². The number of carboxylic acid groups (broad SMARTS) is 1. The van der Waals surface area contributed by atoms with Crippen molar-refractivity contribution < 1.29 is 23.8 Å². The van der Waals surface area contributed by atoms with Gasteiger partial charge in [0.2, 0.25) is 0 Å². The number of anilines is 1. The summed E-state index contributed by atoms with van der Waals surface area (Å²) in [7, 11) is 0. The van der Waals surface area contributed by atoms with E-state index in [1.807, 2.05) is 72.8 Å². The van der Waals surface area contributed by atoms with Gasteiger partial charge in [0, 0.05) is 13.1 Å². The van der Waals surface area contributed by atoms with Gasteiger partial charge in [-0.15, -0.1) is 0 Å². The largest absolute Gasteiger partial charge is 0.494 e. The number of nitrogens with zero attached hydrogens (tertiary/aromatic N) is 2. The van der Waals surface area contributed by atoms with Crippen LogP contribution in [0.1, 0.15) is 25.3 Å². The maximum atomic E-state index is 11.4. The maximum absolute atomic E-state index is 11.4. The molecule has 0 fully saturated rings. The number of para-hydroxylation sites is 3. The Hall–Kier alpha value is -4.00. The van der Waals surface area contributed by atoms with Crippen LogP contribution in [0.2, 0.25) is 0 Å². The molecule has 4 aromatic rings. The lowest BCUT2D eigenvalue weighted by molar-refractivity contribution is -0.145. The molecule has 0 amide bonds. The van der Waals surface area contributed by atoms with E-state index in [9.17, 15) is 9.90 Å². The Morgan fingerprint density at radius 3 is 2.56 bits per heavy atom. The summed E-state index contributed by atoms with van der Waals surface area (Å²) in [6, 6.07) is 25.4. The van der Waals surface area contributed by atoms with Crippen LogP contribution in [0.3, 0.4) is 0 Å². The minimum absolute atomic E-state index is 0.385. The molecule has 0 saturated heterocycles. The van der Waals surface area contributed by atoms with Crippen LogP contribution in [-0.4, -0.2) is 35.3 Å². The number of oxazole rings is 1. The van der Waals surface area contributed by atoms with Crippen molar-refractivity contribution in [2.45, 2.75) is 32.4 Å². The number of ether oxygens (including phenoxy) is 2. The number of carboxylic acids is 1. The molecule has 4 rings (SSSR count). The summed E-state index contributed by atoms with van der Waals surface area (Å²) in [6.45, 7) is 3.53. The average molecular weight is 461 g/mol. The second-order valence-electron chi connectivity index (χ2n) is 7.90. The van der Waals surface area contributed by atoms with Gasteiger partial charge in [0.05, 0.1) is 6.61 Å². The van der Waals surface area contributed by atoms with Crippen molar-refractivity contribution in [2.75, 3.05) is 18.1 Å². The summed E-state index contributed by atoms with van der Waals surface area (Å²) in [5.74, 6) is 0.390. The third-order valence-electron chi connectivity index (χ3n) is 5.33. The number of hydrogen-bond acceptors (Lipinski definition) is 6. The van der Waals surface area contributed by atoms with Crippen LogP contribution < -0.4 is 14.4 Å². The van der Waals surface area contributed by atoms with Crippen LogP contribution >= 0.6 is 0 Å². The van der Waals surface area contributed by atoms with E-state index in [0.717, 1.165) is 28.8 Å². The lowest BCUT2D eigenvalue weighted by Gasteiger charge is -2.21. The Bertz CT molecular complexity index is 1170. The summed E-state index contributed by atoms with van der Waals surface area (Å²) in [5, 5.41) is 9.30. The molecule has 1 N–H and O–H groups in total. The Labute approximate surface area is 198 Å². The molecular weight excluding hydrogens is 432 g/mol. The number of aromatic nitrogens is 1. The van der Waals surface area contributed by atoms with Crippen molar-refractivity contribution in [3.63, 3.8) is 0 Å². The first kappa shape index (κ1) is 23.2. The second-order valence-corrected chi connectivity index (χ2v) is 7.90. The van der Waals surface area contributed by atoms with Gasteiger partial charge >= 0.3 is 5.97 Å². The molecular formula is C27H28N2O5. The molecule has 1 unspecified atom stereocenters. The zero-order valence-electron chi connectivity index (χ0n) is 19.1. The van der Waals surface area contributed by atoms with E-state index in [1.165, 1.54) is 0 Å². The molecule has 7 nitrogen and oxygen atoms in total. The molecule has 0 aliphatic rings. The van der Waals surface area contributed by atoms with E-state index >= 15 is 0 Å². The molecule has 176 valence electrons. The fourth-order valence-electron chi connectivity index (χ4n) is 3.61. The van der Waals surface area contributed by atoms with Crippen LogP contribution in [0.4, 0.5) is 6.01 Å². The Morgan fingerprint density at radius 2 is 1.79 bits per heavy atom. The topological polar surface area (TPSA) is 85.0 Å². The SMILES string of the molecule is CCC(Oc1cccc(CN(CCCOc2ccccc2)c2nc3ccccc3o2)c1)C(=O)O. The highest BCUT2D eigenvalue weighted by atomic mass is 16.5. The normalized spacial score (nSPS) is 11.8. The first-order valence-electron chi connectivity index (χ1n) is 11.4. The third kappa shape index (κ3) is 6.07. The first-order chi connectivity index (χ1) is 16.6. The van der Waals surface area contributed by atoms with Gasteiger partial charge < -0.3 is 23.9 Å². The third-order valence-corrected chi connectivity index (χ3v) is 5.33. The molecule has 34 heavy (non-hydrogen) atoms. The van der Waals surface area contributed by atoms with Crippen LogP contribution in [0.15, 0.2) is 83.3 Å². The van der Waals surface area contributed by atoms with Crippen molar-refractivity contribution in [1.29, 1.82) is 0 Å². The number of hydrogen-bond donors (Lipinski definition) is 1. The van der Waals surface area contributed by atoms with E-state index in [2.05, 4.69) is 9.88 Å². The lowest BCUT2D eigenvalue weighted by atomic mass is 10.2. The number of benzene rings is 3. The fourth-order valence-corrected chi connectivity index (χ4v) is 3.61. The highest BCUT2D eigenvalue weighted by Crippen LogP contribution is 2.25. The van der Waals surface area contributed by atoms with Gasteiger partial charge in [-0.1, -0.05) is 49.4 Å². The summed E-state index contributed by atoms with van der Waals surface area (Å²) in [5.41, 5.74) is 2.49. The molecule has 0 aliphatic heterocycles. The van der Waals surface area contributed by atoms with Crippen LogP contribution in [0.25, 0.3) is 11.1 Å². The Kier molecular flexibility index (Phi) is 7.65. The first-order valence-corrected chi connectivity index (χ1v) is 11.4. The van der Waals surface area contributed by atoms with Crippen LogP contribution in [0.5, 0.6) is 11.5 Å². The molecule has 0 radical (unpaired) electrons. The molecule has 0 spiro atoms. The van der Waals surface area contributed by atoms with E-state index in [0.29, 0.717) is 37.9 Å². The van der Waals surface area contributed by atoms with E-state index in [4.69, 9.17) is 13.9 Å². The van der Waals surface area contributed by atoms with Crippen molar-refractivity contribution in [1.82, 2.24) is 4.98 Å². The smallest absolute Gasteiger partial charge is 0.344 e. The van der Waals surface area contributed by atoms with Gasteiger partial charge in [-0.25, -0.2) is 4.79 Å². The van der Waals surface area contributed by atoms with Gasteiger partial charge in [0.15, 0.2) is 11.7 Å². The highest BCUT2D eigenvalue weighted by Gasteiger charge is 2.18. The predicted molar refractivity (Wildman–Crippen MR) is 130 cm³/mol. The number of aliphatic carboxylic acids is 1. The van der Waals surface area contributed by atoms with Gasteiger partial charge in [0.25, 0.3) is 6.01 Å². The lowest BCUT2D eigenvalue weighted by Crippen LogP contribution is -2.27. The molecule has 3 aromatic carbocycles. The molecule has 0 aliphatic carbocycles. The van der Waals surface area contributed by atoms with Gasteiger partial charge in [-0.3, -0.25) is 0 Å². The summed E-state index contributed by atoms with van der Waals surface area (Å²) >= 11 is 0. The Balaban J connectivity index is 1.48. The van der Waals surface area contributed by atoms with Gasteiger partial charge in [-0.05, 0) is 54.8 Å². The van der Waals surface area contributed by atoms with Crippen molar-refractivity contribution in [2.24, 2.45) is 0 Å². The summed E-state index contributed by atoms with van der Waals surface area (Å²) in [4.78, 5) is 18.1. The van der Waals surface area contributed by atoms with Crippen molar-refractivity contribution >= 4 is 23.1 Å². The highest BCUT2D eigenvalue weighted by molar-refractivity contribution is 5.74. The summed E-state index contributed by atoms with van der Waals surface area (Å²) < 4.78 is 17.5. The van der Waals surface area contributed by atoms with E-state index < -0.39 is 12.1 Å². The van der Waals surface area contributed by atoms with Crippen LogP contribution in [0, 0.1) is 0 Å². The minimum atomic E-state index is -0.973. The fraction of sp³-hybridized carbons (Fsp3) is 0.259. The predicted octanol–water partition coefficient (Wildman–Crippen LogP) is 5.55. The average Bonchev–Trinajstić information content (AvgIpc) is 3.29. The molecule has 1 heterocycles. The molecule has 0 bridgehead atoms. The molecule has 1 aromatic heterocycles. The number of fused-ring (bicyclic) bond motifs is 1. The molecule has 0 saturated carbocycles. The summed E-state index contributed by atoms with van der Waals surface area (Å²) in [6.07, 6.45) is 0.273. The standard InChI is InChI=1S/C27H28N2O5/c1-2-24(26(30)31)33-22-13-8-10-20(18-22)19-29(16-9-17-32-21-11-4-3-5-12-21)27-28-23-14-6-7-15-25(23)34-27/h3-8,10-15,18,24H,2,9,16-17,19H2,1H3,(H,30,31). The van der Waals surface area contributed by atoms with Crippen molar-refractivity contribution in [3.8, 4) is 11.5 Å².